The molecule has 4 heterocycles. The number of hydrogen-bond acceptors (Lipinski definition) is 8. The second kappa shape index (κ2) is 12.3. The first-order valence-corrected chi connectivity index (χ1v) is 13.9. The fourth-order valence-electron chi connectivity index (χ4n) is 4.93. The van der Waals surface area contributed by atoms with Crippen LogP contribution in [0.25, 0.3) is 0 Å². The molecular weight excluding hydrogens is 525 g/mol. The zero-order valence-corrected chi connectivity index (χ0v) is 23.9. The van der Waals surface area contributed by atoms with Gasteiger partial charge in [0.1, 0.15) is 11.6 Å². The maximum Gasteiger partial charge on any atom is 0.278 e. The lowest BCUT2D eigenvalue weighted by Crippen LogP contribution is -2.50. The van der Waals surface area contributed by atoms with Gasteiger partial charge in [0.15, 0.2) is 17.6 Å². The molecule has 0 aromatic carbocycles. The molecule has 0 bridgehead atoms. The van der Waals surface area contributed by atoms with Gasteiger partial charge in [-0.3, -0.25) is 19.5 Å². The number of aromatic nitrogens is 3. The number of halogens is 1. The molecule has 1 aliphatic heterocycles. The second-order valence-electron chi connectivity index (χ2n) is 11.1. The number of piperazine rings is 1. The van der Waals surface area contributed by atoms with Gasteiger partial charge in [0.05, 0.1) is 17.5 Å². The maximum atomic E-state index is 15.2. The lowest BCUT2D eigenvalue weighted by Gasteiger charge is -2.34. The molecule has 2 amide bonds. The standard InChI is InChI=1S/C30H36FN7O3/c1-18-11-22(30(40)37(3)4)14-35-28(18)36-29(39)27-24(31)12-23(15-34-27)41-26(17-38-10-9-32-19(2)16-38)25-8-7-21(13-33-25)20-5-6-20/h7-8,11-15,19-20,26,32H,5-6,9-10,16-17H2,1-4H3,(H,35,36,39)/t19-,26-/m1/s1. The van der Waals surface area contributed by atoms with Gasteiger partial charge in [0.2, 0.25) is 0 Å². The van der Waals surface area contributed by atoms with Gasteiger partial charge in [0.25, 0.3) is 11.8 Å². The minimum atomic E-state index is -0.816. The first-order chi connectivity index (χ1) is 19.7. The predicted octanol–water partition coefficient (Wildman–Crippen LogP) is 3.56. The van der Waals surface area contributed by atoms with Crippen LogP contribution < -0.4 is 15.4 Å². The summed E-state index contributed by atoms with van der Waals surface area (Å²) in [6.45, 7) is 7.05. The van der Waals surface area contributed by atoms with Crippen LogP contribution in [0.4, 0.5) is 10.2 Å². The molecule has 2 aliphatic rings. The number of hydrogen-bond donors (Lipinski definition) is 2. The molecule has 2 fully saturated rings. The lowest BCUT2D eigenvalue weighted by atomic mass is 10.1. The van der Waals surface area contributed by atoms with Gasteiger partial charge in [-0.15, -0.1) is 0 Å². The van der Waals surface area contributed by atoms with E-state index in [4.69, 9.17) is 9.72 Å². The van der Waals surface area contributed by atoms with Crippen molar-refractivity contribution in [1.29, 1.82) is 0 Å². The highest BCUT2D eigenvalue weighted by Crippen LogP contribution is 2.39. The summed E-state index contributed by atoms with van der Waals surface area (Å²) in [4.78, 5) is 41.7. The summed E-state index contributed by atoms with van der Waals surface area (Å²) in [5, 5.41) is 6.03. The van der Waals surface area contributed by atoms with E-state index in [0.29, 0.717) is 29.6 Å². The van der Waals surface area contributed by atoms with E-state index in [2.05, 4.69) is 38.5 Å². The van der Waals surface area contributed by atoms with E-state index in [-0.39, 0.29) is 23.2 Å². The van der Waals surface area contributed by atoms with Crippen LogP contribution in [0, 0.1) is 12.7 Å². The second-order valence-corrected chi connectivity index (χ2v) is 11.1. The zero-order chi connectivity index (χ0) is 29.1. The molecule has 1 saturated heterocycles. The van der Waals surface area contributed by atoms with Crippen molar-refractivity contribution in [3.8, 4) is 5.75 Å². The van der Waals surface area contributed by atoms with Crippen molar-refractivity contribution in [2.24, 2.45) is 0 Å². The summed E-state index contributed by atoms with van der Waals surface area (Å²) in [7, 11) is 3.29. The highest BCUT2D eigenvalue weighted by atomic mass is 19.1. The Hall–Kier alpha value is -3.96. The molecule has 5 rings (SSSR count). The Morgan fingerprint density at radius 2 is 1.98 bits per heavy atom. The van der Waals surface area contributed by atoms with Crippen LogP contribution in [0.1, 0.15) is 69.5 Å². The van der Waals surface area contributed by atoms with Crippen molar-refractivity contribution in [3.63, 3.8) is 0 Å². The first kappa shape index (κ1) is 28.6. The van der Waals surface area contributed by atoms with Gasteiger partial charge in [-0.1, -0.05) is 6.07 Å². The quantitative estimate of drug-likeness (QED) is 0.408. The van der Waals surface area contributed by atoms with Gasteiger partial charge in [-0.05, 0) is 55.9 Å². The normalized spacial score (nSPS) is 18.0. The molecule has 1 saturated carbocycles. The van der Waals surface area contributed by atoms with Crippen molar-refractivity contribution in [2.45, 2.75) is 44.8 Å². The molecule has 216 valence electrons. The number of amides is 2. The largest absolute Gasteiger partial charge is 0.481 e. The van der Waals surface area contributed by atoms with Crippen molar-refractivity contribution in [1.82, 2.24) is 30.1 Å². The third-order valence-corrected chi connectivity index (χ3v) is 7.34. The van der Waals surface area contributed by atoms with E-state index >= 15 is 4.39 Å². The number of carbonyl (C=O) groups is 2. The van der Waals surface area contributed by atoms with Gasteiger partial charge in [0, 0.05) is 64.8 Å². The average molecular weight is 562 g/mol. The third-order valence-electron chi connectivity index (χ3n) is 7.34. The smallest absolute Gasteiger partial charge is 0.278 e. The Labute approximate surface area is 239 Å². The molecule has 3 aromatic heterocycles. The fraction of sp³-hybridized carbons (Fsp3) is 0.433. The molecule has 0 unspecified atom stereocenters. The summed E-state index contributed by atoms with van der Waals surface area (Å²) in [5.74, 6) is -0.748. The summed E-state index contributed by atoms with van der Waals surface area (Å²) < 4.78 is 21.4. The summed E-state index contributed by atoms with van der Waals surface area (Å²) >= 11 is 0. The maximum absolute atomic E-state index is 15.2. The molecule has 41 heavy (non-hydrogen) atoms. The molecule has 2 N–H and O–H groups in total. The van der Waals surface area contributed by atoms with E-state index in [0.717, 1.165) is 25.3 Å². The first-order valence-electron chi connectivity index (χ1n) is 13.9. The van der Waals surface area contributed by atoms with Crippen LogP contribution in [-0.4, -0.2) is 82.9 Å². The van der Waals surface area contributed by atoms with E-state index in [1.807, 2.05) is 12.3 Å². The number of aryl methyl sites for hydroxylation is 1. The van der Waals surface area contributed by atoms with Crippen LogP contribution in [0.15, 0.2) is 42.9 Å². The van der Waals surface area contributed by atoms with Crippen molar-refractivity contribution < 1.29 is 18.7 Å². The third kappa shape index (κ3) is 7.04. The van der Waals surface area contributed by atoms with Gasteiger partial charge in [-0.25, -0.2) is 14.4 Å². The Morgan fingerprint density at radius 3 is 2.61 bits per heavy atom. The lowest BCUT2D eigenvalue weighted by molar-refractivity contribution is 0.0827. The van der Waals surface area contributed by atoms with Gasteiger partial charge >= 0.3 is 0 Å². The van der Waals surface area contributed by atoms with E-state index in [1.165, 1.54) is 41.8 Å². The SMILES string of the molecule is Cc1cc(C(=O)N(C)C)cnc1NC(=O)c1ncc(O[C@H](CN2CCN[C@H](C)C2)c2ccc(C3CC3)cn2)cc1F. The Morgan fingerprint density at radius 1 is 1.17 bits per heavy atom. The van der Waals surface area contributed by atoms with Crippen LogP contribution >= 0.6 is 0 Å². The number of nitrogens with zero attached hydrogens (tertiary/aromatic N) is 5. The molecule has 1 aliphatic carbocycles. The minimum absolute atomic E-state index is 0.208. The molecule has 11 heteroatoms. The number of anilines is 1. The number of ether oxygens (including phenoxy) is 1. The minimum Gasteiger partial charge on any atom is -0.481 e. The van der Waals surface area contributed by atoms with E-state index < -0.39 is 17.8 Å². The summed E-state index contributed by atoms with van der Waals surface area (Å²) in [5.41, 5.74) is 2.57. The van der Waals surface area contributed by atoms with E-state index in [9.17, 15) is 9.59 Å². The number of carbonyl (C=O) groups excluding carboxylic acids is 2. The number of nitrogens with one attached hydrogen (secondary N) is 2. The number of pyridine rings is 3. The fourth-order valence-corrected chi connectivity index (χ4v) is 4.93. The van der Waals surface area contributed by atoms with Crippen LogP contribution in [0.2, 0.25) is 0 Å². The number of rotatable bonds is 9. The Bertz CT molecular complexity index is 1410. The molecule has 3 aromatic rings. The molecule has 0 radical (unpaired) electrons. The Kier molecular flexibility index (Phi) is 8.55. The van der Waals surface area contributed by atoms with Crippen molar-refractivity contribution >= 4 is 17.6 Å². The van der Waals surface area contributed by atoms with Gasteiger partial charge < -0.3 is 20.3 Å². The van der Waals surface area contributed by atoms with Crippen molar-refractivity contribution in [2.75, 3.05) is 45.6 Å². The molecule has 10 nitrogen and oxygen atoms in total. The zero-order valence-electron chi connectivity index (χ0n) is 23.9. The highest BCUT2D eigenvalue weighted by molar-refractivity contribution is 6.03. The topological polar surface area (TPSA) is 113 Å². The monoisotopic (exact) mass is 561 g/mol. The summed E-state index contributed by atoms with van der Waals surface area (Å²) in [6.07, 6.45) is 6.59. The summed E-state index contributed by atoms with van der Waals surface area (Å²) in [6, 6.07) is 7.24. The molecular formula is C30H36FN7O3. The average Bonchev–Trinajstić information content (AvgIpc) is 3.79. The highest BCUT2D eigenvalue weighted by Gasteiger charge is 2.27. The molecule has 0 spiro atoms. The van der Waals surface area contributed by atoms with Crippen LogP contribution in [0.5, 0.6) is 5.75 Å². The van der Waals surface area contributed by atoms with Gasteiger partial charge in [-0.2, -0.15) is 0 Å². The Balaban J connectivity index is 1.30. The van der Waals surface area contributed by atoms with Crippen LogP contribution in [-0.2, 0) is 0 Å². The van der Waals surface area contributed by atoms with E-state index in [1.54, 1.807) is 27.1 Å². The molecule has 2 atom stereocenters. The van der Waals surface area contributed by atoms with Crippen molar-refractivity contribution in [3.05, 3.63) is 76.8 Å². The predicted molar refractivity (Wildman–Crippen MR) is 153 cm³/mol. The van der Waals surface area contributed by atoms with Crippen LogP contribution in [0.3, 0.4) is 0 Å².